The summed E-state index contributed by atoms with van der Waals surface area (Å²) in [5.41, 5.74) is 2.18. The molecule has 1 atom stereocenters. The fourth-order valence-electron chi connectivity index (χ4n) is 4.11. The van der Waals surface area contributed by atoms with Crippen molar-refractivity contribution in [3.63, 3.8) is 0 Å². The molecule has 2 aromatic heterocycles. The molecule has 146 valence electrons. The van der Waals surface area contributed by atoms with Crippen LogP contribution in [-0.4, -0.2) is 75.7 Å². The Morgan fingerprint density at radius 3 is 2.59 bits per heavy atom. The van der Waals surface area contributed by atoms with Crippen molar-refractivity contribution in [3.8, 4) is 0 Å². The molecule has 0 spiro atoms. The van der Waals surface area contributed by atoms with E-state index in [1.807, 2.05) is 24.1 Å². The van der Waals surface area contributed by atoms with Crippen LogP contribution in [0.3, 0.4) is 0 Å². The van der Waals surface area contributed by atoms with Crippen molar-refractivity contribution >= 4 is 5.69 Å². The monoisotopic (exact) mass is 371 g/mol. The first-order valence-electron chi connectivity index (χ1n) is 9.81. The summed E-state index contributed by atoms with van der Waals surface area (Å²) < 4.78 is 3.52. The second-order valence-corrected chi connectivity index (χ2v) is 7.84. The largest absolute Gasteiger partial charge is 0.368 e. The van der Waals surface area contributed by atoms with Crippen LogP contribution in [0.15, 0.2) is 29.5 Å². The van der Waals surface area contributed by atoms with Gasteiger partial charge in [0.25, 0.3) is 5.56 Å². The van der Waals surface area contributed by atoms with Gasteiger partial charge in [-0.25, -0.2) is 4.68 Å². The highest BCUT2D eigenvalue weighted by molar-refractivity contribution is 5.43. The fraction of sp³-hybridized carbons (Fsp3) is 0.632. The number of likely N-dealkylation sites (N-methyl/N-ethyl adjacent to an activating group) is 1. The van der Waals surface area contributed by atoms with Gasteiger partial charge in [0.15, 0.2) is 0 Å². The zero-order valence-corrected chi connectivity index (χ0v) is 16.3. The van der Waals surface area contributed by atoms with Crippen molar-refractivity contribution in [2.75, 3.05) is 51.2 Å². The van der Waals surface area contributed by atoms with Crippen LogP contribution in [0.2, 0.25) is 0 Å². The summed E-state index contributed by atoms with van der Waals surface area (Å²) in [6.07, 6.45) is 7.92. The number of hydrogen-bond donors (Lipinski definition) is 0. The quantitative estimate of drug-likeness (QED) is 0.783. The first-order chi connectivity index (χ1) is 13.1. The molecule has 0 amide bonds. The van der Waals surface area contributed by atoms with Gasteiger partial charge in [-0.05, 0) is 26.4 Å². The maximum atomic E-state index is 12.7. The second-order valence-electron chi connectivity index (χ2n) is 7.84. The number of piperidine rings is 1. The van der Waals surface area contributed by atoms with Gasteiger partial charge in [0.2, 0.25) is 0 Å². The third-order valence-corrected chi connectivity index (χ3v) is 5.67. The molecule has 8 heteroatoms. The predicted octanol–water partition coefficient (Wildman–Crippen LogP) is 0.566. The highest BCUT2D eigenvalue weighted by atomic mass is 16.1. The van der Waals surface area contributed by atoms with Crippen molar-refractivity contribution in [2.24, 2.45) is 7.05 Å². The first-order valence-corrected chi connectivity index (χ1v) is 9.81. The summed E-state index contributed by atoms with van der Waals surface area (Å²) in [4.78, 5) is 19.7. The molecule has 0 radical (unpaired) electrons. The fourth-order valence-corrected chi connectivity index (χ4v) is 4.11. The molecule has 2 aromatic rings. The highest BCUT2D eigenvalue weighted by Gasteiger charge is 2.24. The van der Waals surface area contributed by atoms with E-state index in [1.54, 1.807) is 10.7 Å². The molecule has 8 nitrogen and oxygen atoms in total. The molecule has 0 bridgehead atoms. The average Bonchev–Trinajstić information content (AvgIpc) is 3.07. The van der Waals surface area contributed by atoms with E-state index >= 15 is 0 Å². The molecule has 1 unspecified atom stereocenters. The lowest BCUT2D eigenvalue weighted by molar-refractivity contribution is 0.160. The Labute approximate surface area is 160 Å². The first kappa shape index (κ1) is 18.2. The molecular formula is C19H29N7O. The van der Waals surface area contributed by atoms with Gasteiger partial charge in [0.05, 0.1) is 24.1 Å². The summed E-state index contributed by atoms with van der Waals surface area (Å²) in [5, 5.41) is 8.79. The Morgan fingerprint density at radius 2 is 1.89 bits per heavy atom. The molecular weight excluding hydrogens is 342 g/mol. The topological polar surface area (TPSA) is 62.4 Å². The molecule has 2 aliphatic rings. The van der Waals surface area contributed by atoms with Crippen LogP contribution >= 0.6 is 0 Å². The number of anilines is 1. The molecule has 2 aliphatic heterocycles. The predicted molar refractivity (Wildman–Crippen MR) is 105 cm³/mol. The summed E-state index contributed by atoms with van der Waals surface area (Å²) in [7, 11) is 4.07. The van der Waals surface area contributed by atoms with Gasteiger partial charge in [-0.15, -0.1) is 0 Å². The van der Waals surface area contributed by atoms with Crippen LogP contribution < -0.4 is 10.5 Å². The highest BCUT2D eigenvalue weighted by Crippen LogP contribution is 2.22. The van der Waals surface area contributed by atoms with Gasteiger partial charge in [-0.3, -0.25) is 14.4 Å². The SMILES string of the molecule is CN1CCN(c2cnn(C3CCCN(Cc4cnn(C)c4)C3)c(=O)c2)CC1. The maximum Gasteiger partial charge on any atom is 0.269 e. The normalized spacial score (nSPS) is 22.3. The Bertz CT molecular complexity index is 821. The molecule has 2 saturated heterocycles. The number of piperazine rings is 1. The minimum Gasteiger partial charge on any atom is -0.368 e. The van der Waals surface area contributed by atoms with Gasteiger partial charge in [0, 0.05) is 64.1 Å². The Hall–Kier alpha value is -2.19. The van der Waals surface area contributed by atoms with E-state index in [4.69, 9.17) is 0 Å². The third-order valence-electron chi connectivity index (χ3n) is 5.67. The summed E-state index contributed by atoms with van der Waals surface area (Å²) in [5.74, 6) is 0. The van der Waals surface area contributed by atoms with Crippen molar-refractivity contribution in [1.29, 1.82) is 0 Å². The number of likely N-dealkylation sites (tertiary alicyclic amines) is 1. The summed E-state index contributed by atoms with van der Waals surface area (Å²) in [6, 6.07) is 1.91. The second kappa shape index (κ2) is 7.82. The molecule has 0 aliphatic carbocycles. The van der Waals surface area contributed by atoms with Crippen molar-refractivity contribution in [3.05, 3.63) is 40.6 Å². The van der Waals surface area contributed by atoms with Gasteiger partial charge < -0.3 is 9.80 Å². The maximum absolute atomic E-state index is 12.7. The Balaban J connectivity index is 1.43. The number of aryl methyl sites for hydroxylation is 1. The van der Waals surface area contributed by atoms with Crippen LogP contribution in [0, 0.1) is 0 Å². The number of aromatic nitrogens is 4. The zero-order chi connectivity index (χ0) is 18.8. The average molecular weight is 371 g/mol. The van der Waals surface area contributed by atoms with Crippen LogP contribution in [0.1, 0.15) is 24.4 Å². The van der Waals surface area contributed by atoms with E-state index in [2.05, 4.69) is 38.1 Å². The number of hydrogen-bond acceptors (Lipinski definition) is 6. The van der Waals surface area contributed by atoms with E-state index in [-0.39, 0.29) is 11.6 Å². The molecule has 2 fully saturated rings. The lowest BCUT2D eigenvalue weighted by Gasteiger charge is -2.34. The van der Waals surface area contributed by atoms with Crippen molar-refractivity contribution in [1.82, 2.24) is 29.4 Å². The van der Waals surface area contributed by atoms with E-state index in [9.17, 15) is 4.79 Å². The third kappa shape index (κ3) is 4.22. The number of rotatable bonds is 4. The van der Waals surface area contributed by atoms with Crippen molar-refractivity contribution in [2.45, 2.75) is 25.4 Å². The van der Waals surface area contributed by atoms with Crippen LogP contribution in [0.5, 0.6) is 0 Å². The summed E-state index contributed by atoms with van der Waals surface area (Å²) >= 11 is 0. The summed E-state index contributed by atoms with van der Waals surface area (Å²) in [6.45, 7) is 6.73. The van der Waals surface area contributed by atoms with Gasteiger partial charge in [-0.2, -0.15) is 10.2 Å². The molecule has 0 N–H and O–H groups in total. The lowest BCUT2D eigenvalue weighted by atomic mass is 10.1. The van der Waals surface area contributed by atoms with E-state index in [0.717, 1.165) is 64.3 Å². The molecule has 0 saturated carbocycles. The van der Waals surface area contributed by atoms with Gasteiger partial charge in [0.1, 0.15) is 0 Å². The molecule has 27 heavy (non-hydrogen) atoms. The minimum absolute atomic E-state index is 0.0136. The van der Waals surface area contributed by atoms with E-state index in [0.29, 0.717) is 0 Å². The Kier molecular flexibility index (Phi) is 5.27. The van der Waals surface area contributed by atoms with Crippen LogP contribution in [0.4, 0.5) is 5.69 Å². The number of nitrogens with zero attached hydrogens (tertiary/aromatic N) is 7. The zero-order valence-electron chi connectivity index (χ0n) is 16.3. The van der Waals surface area contributed by atoms with Crippen molar-refractivity contribution < 1.29 is 0 Å². The van der Waals surface area contributed by atoms with Gasteiger partial charge >= 0.3 is 0 Å². The smallest absolute Gasteiger partial charge is 0.269 e. The van der Waals surface area contributed by atoms with E-state index in [1.165, 1.54) is 5.56 Å². The van der Waals surface area contributed by atoms with Crippen LogP contribution in [0.25, 0.3) is 0 Å². The lowest BCUT2D eigenvalue weighted by Crippen LogP contribution is -2.45. The molecule has 0 aromatic carbocycles. The van der Waals surface area contributed by atoms with Gasteiger partial charge in [-0.1, -0.05) is 0 Å². The standard InChI is InChI=1S/C19H29N7O/c1-22-6-8-25(9-7-22)18-10-19(27)26(21-12-18)17-4-3-5-24(15-17)14-16-11-20-23(2)13-16/h10-13,17H,3-9,14-15H2,1-2H3. The Morgan fingerprint density at radius 1 is 1.07 bits per heavy atom. The molecule has 4 heterocycles. The minimum atomic E-state index is 0.0136. The van der Waals surface area contributed by atoms with Crippen LogP contribution in [-0.2, 0) is 13.6 Å². The van der Waals surface area contributed by atoms with E-state index < -0.39 is 0 Å². The molecule has 4 rings (SSSR count).